The summed E-state index contributed by atoms with van der Waals surface area (Å²) in [5.74, 6) is 0.966. The van der Waals surface area contributed by atoms with E-state index in [1.54, 1.807) is 0 Å². The van der Waals surface area contributed by atoms with Gasteiger partial charge in [-0.3, -0.25) is 4.57 Å². The predicted molar refractivity (Wildman–Crippen MR) is 138 cm³/mol. The summed E-state index contributed by atoms with van der Waals surface area (Å²) in [5.41, 5.74) is 3.75. The first kappa shape index (κ1) is 19.0. The molecule has 31 heavy (non-hydrogen) atoms. The molecule has 0 radical (unpaired) electrons. The summed E-state index contributed by atoms with van der Waals surface area (Å²) in [7, 11) is 0. The molecule has 0 aliphatic rings. The van der Waals surface area contributed by atoms with Gasteiger partial charge in [0, 0.05) is 41.6 Å². The highest BCUT2D eigenvalue weighted by Crippen LogP contribution is 2.43. The smallest absolute Gasteiger partial charge is 0.137 e. The number of benzene rings is 3. The minimum Gasteiger partial charge on any atom is -0.293 e. The third-order valence-corrected chi connectivity index (χ3v) is 7.70. The van der Waals surface area contributed by atoms with E-state index in [-0.39, 0.29) is 5.41 Å². The highest BCUT2D eigenvalue weighted by atomic mass is 79.9. The molecule has 0 unspecified atom stereocenters. The monoisotopic (exact) mass is 484 g/mol. The van der Waals surface area contributed by atoms with Crippen molar-refractivity contribution in [3.05, 3.63) is 83.0 Å². The first-order valence-electron chi connectivity index (χ1n) is 10.4. The molecule has 0 bridgehead atoms. The van der Waals surface area contributed by atoms with Crippen LogP contribution in [0.25, 0.3) is 47.8 Å². The molecule has 0 spiro atoms. The largest absolute Gasteiger partial charge is 0.293 e. The van der Waals surface area contributed by atoms with E-state index in [1.165, 1.54) is 47.5 Å². The summed E-state index contributed by atoms with van der Waals surface area (Å²) in [6.45, 7) is 6.75. The second-order valence-electron chi connectivity index (χ2n) is 9.08. The number of thiophene rings is 1. The molecule has 6 aromatic rings. The van der Waals surface area contributed by atoms with Gasteiger partial charge >= 0.3 is 0 Å². The van der Waals surface area contributed by atoms with Gasteiger partial charge in [0.05, 0.1) is 11.0 Å². The molecule has 0 aliphatic heterocycles. The first-order chi connectivity index (χ1) is 14.9. The van der Waals surface area contributed by atoms with E-state index >= 15 is 0 Å². The van der Waals surface area contributed by atoms with E-state index in [9.17, 15) is 0 Å². The molecule has 152 valence electrons. The lowest BCUT2D eigenvalue weighted by atomic mass is 9.88. The third kappa shape index (κ3) is 2.85. The van der Waals surface area contributed by atoms with Crippen molar-refractivity contribution < 1.29 is 0 Å². The van der Waals surface area contributed by atoms with Crippen molar-refractivity contribution in [2.75, 3.05) is 0 Å². The van der Waals surface area contributed by atoms with Crippen LogP contribution in [0.15, 0.2) is 77.4 Å². The summed E-state index contributed by atoms with van der Waals surface area (Å²) in [6, 6.07) is 24.2. The summed E-state index contributed by atoms with van der Waals surface area (Å²) >= 11 is 5.55. The fraction of sp³-hybridized carbons (Fsp3) is 0.148. The average Bonchev–Trinajstić information content (AvgIpc) is 3.28. The zero-order chi connectivity index (χ0) is 21.3. The minimum absolute atomic E-state index is 0.0570. The van der Waals surface area contributed by atoms with Crippen LogP contribution < -0.4 is 0 Å². The van der Waals surface area contributed by atoms with Gasteiger partial charge in [0.2, 0.25) is 0 Å². The van der Waals surface area contributed by atoms with Crippen molar-refractivity contribution in [3.63, 3.8) is 0 Å². The lowest BCUT2D eigenvalue weighted by Crippen LogP contribution is -2.12. The summed E-state index contributed by atoms with van der Waals surface area (Å²) < 4.78 is 6.05. The maximum Gasteiger partial charge on any atom is 0.137 e. The van der Waals surface area contributed by atoms with Crippen LogP contribution in [0.3, 0.4) is 0 Å². The number of aromatic nitrogens is 2. The molecule has 0 fully saturated rings. The number of hydrogen-bond acceptors (Lipinski definition) is 2. The van der Waals surface area contributed by atoms with Crippen LogP contribution in [0.2, 0.25) is 0 Å². The Labute approximate surface area is 193 Å². The maximum absolute atomic E-state index is 4.85. The molecule has 0 aliphatic carbocycles. The van der Waals surface area contributed by atoms with Crippen LogP contribution in [0, 0.1) is 0 Å². The molecule has 0 atom stereocenters. The number of rotatable bonds is 1. The Morgan fingerprint density at radius 3 is 2.48 bits per heavy atom. The fourth-order valence-electron chi connectivity index (χ4n) is 4.53. The molecule has 0 amide bonds. The number of fused-ring (bicyclic) bond motifs is 7. The molecule has 3 aromatic heterocycles. The Kier molecular flexibility index (Phi) is 4.08. The fourth-order valence-corrected chi connectivity index (χ4v) is 5.99. The Morgan fingerprint density at radius 2 is 1.65 bits per heavy atom. The number of pyridine rings is 1. The number of hydrogen-bond donors (Lipinski definition) is 0. The molecule has 4 heteroatoms. The third-order valence-electron chi connectivity index (χ3n) is 6.07. The molecular formula is C27H21BrN2S. The molecule has 3 aromatic carbocycles. The van der Waals surface area contributed by atoms with Gasteiger partial charge in [0.1, 0.15) is 5.82 Å². The average molecular weight is 485 g/mol. The van der Waals surface area contributed by atoms with Crippen molar-refractivity contribution in [3.8, 4) is 5.82 Å². The van der Waals surface area contributed by atoms with E-state index in [2.05, 4.69) is 108 Å². The molecule has 3 heterocycles. The Bertz CT molecular complexity index is 1630. The summed E-state index contributed by atoms with van der Waals surface area (Å²) in [4.78, 5) is 4.85. The van der Waals surface area contributed by atoms with Crippen LogP contribution in [0.1, 0.15) is 26.3 Å². The van der Waals surface area contributed by atoms with E-state index in [1.807, 2.05) is 17.5 Å². The lowest BCUT2D eigenvalue weighted by molar-refractivity contribution is 0.589. The van der Waals surface area contributed by atoms with Gasteiger partial charge in [0.15, 0.2) is 0 Å². The quantitative estimate of drug-likeness (QED) is 0.228. The lowest BCUT2D eigenvalue weighted by Gasteiger charge is -2.20. The van der Waals surface area contributed by atoms with Gasteiger partial charge in [-0.05, 0) is 47.4 Å². The number of nitrogens with zero attached hydrogens (tertiary/aromatic N) is 2. The van der Waals surface area contributed by atoms with Crippen LogP contribution in [-0.2, 0) is 5.41 Å². The van der Waals surface area contributed by atoms with Gasteiger partial charge in [0.25, 0.3) is 0 Å². The Hall–Kier alpha value is -2.69. The molecule has 0 saturated heterocycles. The molecule has 0 saturated carbocycles. The van der Waals surface area contributed by atoms with E-state index < -0.39 is 0 Å². The summed E-state index contributed by atoms with van der Waals surface area (Å²) in [5, 5.41) is 5.14. The normalized spacial score (nSPS) is 12.5. The molecule has 0 N–H and O–H groups in total. The second-order valence-corrected chi connectivity index (χ2v) is 11.1. The molecule has 2 nitrogen and oxygen atoms in total. The number of halogens is 1. The van der Waals surface area contributed by atoms with Gasteiger partial charge in [-0.25, -0.2) is 4.98 Å². The van der Waals surface area contributed by atoms with E-state index in [0.29, 0.717) is 0 Å². The standard InChI is InChI=1S/C27H21BrN2S/c1-27(2,3)16-12-13-29-24(14-16)30-21-15-17(28)8-9-18(21)19-10-11-23-25(26(19)30)20-6-4-5-7-22(20)31-23/h4-15H,1-3H3. The van der Waals surface area contributed by atoms with Gasteiger partial charge in [-0.2, -0.15) is 0 Å². The van der Waals surface area contributed by atoms with Crippen LogP contribution >= 0.6 is 27.3 Å². The Balaban J connectivity index is 1.86. The van der Waals surface area contributed by atoms with Crippen LogP contribution in [0.4, 0.5) is 0 Å². The van der Waals surface area contributed by atoms with Crippen molar-refractivity contribution >= 4 is 69.2 Å². The van der Waals surface area contributed by atoms with Crippen molar-refractivity contribution in [1.82, 2.24) is 9.55 Å². The molecule has 6 rings (SSSR count). The predicted octanol–water partition coefficient (Wildman–Crippen LogP) is 8.61. The Morgan fingerprint density at radius 1 is 0.839 bits per heavy atom. The van der Waals surface area contributed by atoms with Crippen molar-refractivity contribution in [2.24, 2.45) is 0 Å². The second kappa shape index (κ2) is 6.65. The highest BCUT2D eigenvalue weighted by Gasteiger charge is 2.20. The summed E-state index contributed by atoms with van der Waals surface area (Å²) in [6.07, 6.45) is 1.94. The van der Waals surface area contributed by atoms with Crippen molar-refractivity contribution in [2.45, 2.75) is 26.2 Å². The van der Waals surface area contributed by atoms with Crippen LogP contribution in [-0.4, -0.2) is 9.55 Å². The SMILES string of the molecule is CC(C)(C)c1ccnc(-n2c3cc(Br)ccc3c3ccc4sc5ccccc5c4c32)c1. The van der Waals surface area contributed by atoms with E-state index in [4.69, 9.17) is 4.98 Å². The van der Waals surface area contributed by atoms with E-state index in [0.717, 1.165) is 10.3 Å². The maximum atomic E-state index is 4.85. The van der Waals surface area contributed by atoms with Gasteiger partial charge < -0.3 is 0 Å². The van der Waals surface area contributed by atoms with Gasteiger partial charge in [-0.15, -0.1) is 11.3 Å². The van der Waals surface area contributed by atoms with Crippen LogP contribution in [0.5, 0.6) is 0 Å². The highest BCUT2D eigenvalue weighted by molar-refractivity contribution is 9.10. The zero-order valence-corrected chi connectivity index (χ0v) is 20.0. The van der Waals surface area contributed by atoms with Gasteiger partial charge in [-0.1, -0.05) is 67.0 Å². The topological polar surface area (TPSA) is 17.8 Å². The molecular weight excluding hydrogens is 464 g/mol. The first-order valence-corrected chi connectivity index (χ1v) is 12.0. The zero-order valence-electron chi connectivity index (χ0n) is 17.6. The minimum atomic E-state index is 0.0570. The van der Waals surface area contributed by atoms with Crippen molar-refractivity contribution in [1.29, 1.82) is 0 Å².